The first-order valence-corrected chi connectivity index (χ1v) is 5.62. The van der Waals surface area contributed by atoms with Gasteiger partial charge in [-0.15, -0.1) is 0 Å². The smallest absolute Gasteiger partial charge is 0.303 e. The van der Waals surface area contributed by atoms with Crippen molar-refractivity contribution in [3.8, 4) is 0 Å². The fourth-order valence-corrected chi connectivity index (χ4v) is 1.38. The van der Waals surface area contributed by atoms with Crippen LogP contribution in [-0.2, 0) is 4.79 Å². The van der Waals surface area contributed by atoms with Crippen LogP contribution < -0.4 is 0 Å². The Kier molecular flexibility index (Phi) is 5.63. The Hall–Kier alpha value is -1.24. The van der Waals surface area contributed by atoms with Crippen molar-refractivity contribution in [1.29, 1.82) is 0 Å². The van der Waals surface area contributed by atoms with Crippen molar-refractivity contribution in [2.45, 2.75) is 49.1 Å². The molecule has 0 aromatic heterocycles. The van der Waals surface area contributed by atoms with Crippen LogP contribution in [0.25, 0.3) is 0 Å². The predicted octanol–water partition coefficient (Wildman–Crippen LogP) is 4.95. The first-order valence-electron chi connectivity index (χ1n) is 5.62. The summed E-state index contributed by atoms with van der Waals surface area (Å²) < 4.78 is 165. The average molecular weight is 390 g/mol. The molecule has 1 nitrogen and oxygen atoms in total. The third kappa shape index (κ3) is 2.91. The quantitative estimate of drug-likeness (QED) is 0.444. The highest BCUT2D eigenvalue weighted by Gasteiger charge is 2.90. The van der Waals surface area contributed by atoms with Gasteiger partial charge in [0.25, 0.3) is 0 Å². The van der Waals surface area contributed by atoms with Crippen molar-refractivity contribution in [2.75, 3.05) is 0 Å². The number of hydrogen-bond acceptors (Lipinski definition) is 1. The van der Waals surface area contributed by atoms with Gasteiger partial charge in [-0.2, -0.15) is 57.1 Å². The molecule has 0 fully saturated rings. The van der Waals surface area contributed by atoms with Gasteiger partial charge in [0.15, 0.2) is 0 Å². The second-order valence-corrected chi connectivity index (χ2v) is 4.72. The van der Waals surface area contributed by atoms with E-state index in [1.165, 1.54) is 0 Å². The SMILES string of the molecule is CC(CC=O)C(F)(F)C(F)(F)C(F)(F)C(F)(F)C(F)(F)C(F)(F)F. The Morgan fingerprint density at radius 3 is 1.29 bits per heavy atom. The number of halogens is 13. The molecule has 0 N–H and O–H groups in total. The van der Waals surface area contributed by atoms with E-state index in [4.69, 9.17) is 0 Å². The van der Waals surface area contributed by atoms with E-state index in [9.17, 15) is 61.9 Å². The Balaban J connectivity index is 6.25. The summed E-state index contributed by atoms with van der Waals surface area (Å²) in [7, 11) is 0. The Morgan fingerprint density at radius 2 is 1.00 bits per heavy atom. The number of carbonyl (C=O) groups is 1. The summed E-state index contributed by atoms with van der Waals surface area (Å²) in [4.78, 5) is 9.94. The fraction of sp³-hybridized carbons (Fsp3) is 0.900. The van der Waals surface area contributed by atoms with E-state index in [0.29, 0.717) is 0 Å². The van der Waals surface area contributed by atoms with Crippen LogP contribution in [-0.4, -0.2) is 42.1 Å². The zero-order valence-electron chi connectivity index (χ0n) is 11.2. The highest BCUT2D eigenvalue weighted by Crippen LogP contribution is 2.61. The molecule has 0 radical (unpaired) electrons. The van der Waals surface area contributed by atoms with Crippen LogP contribution in [0.4, 0.5) is 57.1 Å². The maximum absolute atomic E-state index is 13.2. The molecule has 1 atom stereocenters. The lowest BCUT2D eigenvalue weighted by Gasteiger charge is -2.41. The van der Waals surface area contributed by atoms with Gasteiger partial charge in [0.05, 0.1) is 0 Å². The van der Waals surface area contributed by atoms with E-state index in [0.717, 1.165) is 0 Å². The van der Waals surface area contributed by atoms with Crippen LogP contribution in [0.15, 0.2) is 0 Å². The normalized spacial score (nSPS) is 16.9. The van der Waals surface area contributed by atoms with Crippen LogP contribution in [0.3, 0.4) is 0 Å². The highest BCUT2D eigenvalue weighted by atomic mass is 19.4. The van der Waals surface area contributed by atoms with Gasteiger partial charge in [0, 0.05) is 12.3 Å². The molecule has 0 bridgehead atoms. The predicted molar refractivity (Wildman–Crippen MR) is 50.6 cm³/mol. The van der Waals surface area contributed by atoms with Crippen LogP contribution in [0, 0.1) is 5.92 Å². The molecule has 0 saturated carbocycles. The van der Waals surface area contributed by atoms with Crippen molar-refractivity contribution < 1.29 is 61.9 Å². The zero-order valence-corrected chi connectivity index (χ0v) is 11.2. The standard InChI is InChI=1S/C10H7F13O/c1-4(2-3-24)5(11,12)6(13,14)7(15,16)8(17,18)9(19,20)10(21,22)23/h3-4H,2H2,1H3. The maximum atomic E-state index is 13.2. The van der Waals surface area contributed by atoms with E-state index in [-0.39, 0.29) is 6.92 Å². The minimum atomic E-state index is -7.91. The summed E-state index contributed by atoms with van der Waals surface area (Å²) in [6.07, 6.45) is -9.51. The summed E-state index contributed by atoms with van der Waals surface area (Å²) in [5, 5.41) is 0. The van der Waals surface area contributed by atoms with Crippen LogP contribution in [0.2, 0.25) is 0 Å². The third-order valence-corrected chi connectivity index (χ3v) is 3.03. The molecule has 0 aliphatic carbocycles. The maximum Gasteiger partial charge on any atom is 0.460 e. The second kappa shape index (κ2) is 5.93. The summed E-state index contributed by atoms with van der Waals surface area (Å²) >= 11 is 0. The molecule has 0 amide bonds. The highest BCUT2D eigenvalue weighted by molar-refractivity contribution is 5.50. The summed E-state index contributed by atoms with van der Waals surface area (Å²) in [5.41, 5.74) is 0. The van der Waals surface area contributed by atoms with E-state index < -0.39 is 54.4 Å². The molecule has 1 unspecified atom stereocenters. The van der Waals surface area contributed by atoms with E-state index in [2.05, 4.69) is 0 Å². The van der Waals surface area contributed by atoms with E-state index in [1.54, 1.807) is 0 Å². The number of alkyl halides is 13. The van der Waals surface area contributed by atoms with E-state index >= 15 is 0 Å². The number of carbonyl (C=O) groups excluding carboxylic acids is 1. The van der Waals surface area contributed by atoms with Crippen molar-refractivity contribution in [3.63, 3.8) is 0 Å². The van der Waals surface area contributed by atoms with Gasteiger partial charge in [-0.25, -0.2) is 0 Å². The summed E-state index contributed by atoms with van der Waals surface area (Å²) in [6, 6.07) is 0. The first kappa shape index (κ1) is 22.8. The Labute approximate surface area is 124 Å². The molecule has 0 rings (SSSR count). The fourth-order valence-electron chi connectivity index (χ4n) is 1.38. The van der Waals surface area contributed by atoms with Gasteiger partial charge in [-0.05, 0) is 0 Å². The molecule has 144 valence electrons. The van der Waals surface area contributed by atoms with Gasteiger partial charge < -0.3 is 4.79 Å². The van der Waals surface area contributed by atoms with Gasteiger partial charge in [-0.1, -0.05) is 6.92 Å². The van der Waals surface area contributed by atoms with Crippen molar-refractivity contribution in [2.24, 2.45) is 5.92 Å². The lowest BCUT2D eigenvalue weighted by molar-refractivity contribution is -0.442. The van der Waals surface area contributed by atoms with Crippen LogP contribution in [0.1, 0.15) is 13.3 Å². The molecular weight excluding hydrogens is 383 g/mol. The molecule has 0 aromatic rings. The number of rotatable bonds is 7. The molecule has 0 aliphatic heterocycles. The third-order valence-electron chi connectivity index (χ3n) is 3.03. The van der Waals surface area contributed by atoms with Crippen molar-refractivity contribution in [3.05, 3.63) is 0 Å². The molecule has 0 aliphatic rings. The Bertz CT molecular complexity index is 464. The van der Waals surface area contributed by atoms with Gasteiger partial charge >= 0.3 is 35.8 Å². The molecule has 0 spiro atoms. The van der Waals surface area contributed by atoms with Gasteiger partial charge in [0.1, 0.15) is 6.29 Å². The van der Waals surface area contributed by atoms with Crippen molar-refractivity contribution in [1.82, 2.24) is 0 Å². The lowest BCUT2D eigenvalue weighted by atomic mass is 9.87. The average Bonchev–Trinajstić information content (AvgIpc) is 2.36. The van der Waals surface area contributed by atoms with Gasteiger partial charge in [0.2, 0.25) is 0 Å². The minimum absolute atomic E-state index is 0.0123. The molecule has 24 heavy (non-hydrogen) atoms. The number of hydrogen-bond donors (Lipinski definition) is 0. The molecule has 0 aromatic carbocycles. The monoisotopic (exact) mass is 390 g/mol. The summed E-state index contributed by atoms with van der Waals surface area (Å²) in [6.45, 7) is 0.0123. The molecule has 14 heteroatoms. The van der Waals surface area contributed by atoms with E-state index in [1.807, 2.05) is 0 Å². The van der Waals surface area contributed by atoms with Crippen molar-refractivity contribution >= 4 is 6.29 Å². The zero-order chi connectivity index (χ0) is 20.0. The van der Waals surface area contributed by atoms with Crippen LogP contribution in [0.5, 0.6) is 0 Å². The van der Waals surface area contributed by atoms with Gasteiger partial charge in [-0.3, -0.25) is 0 Å². The second-order valence-electron chi connectivity index (χ2n) is 4.72. The molecule has 0 saturated heterocycles. The number of aldehydes is 1. The minimum Gasteiger partial charge on any atom is -0.303 e. The topological polar surface area (TPSA) is 17.1 Å². The molecule has 0 heterocycles. The summed E-state index contributed by atoms with van der Waals surface area (Å²) in [5.74, 6) is -40.1. The van der Waals surface area contributed by atoms with Crippen LogP contribution >= 0.6 is 0 Å². The molecular formula is C10H7F13O. The lowest BCUT2D eigenvalue weighted by Crippen LogP contribution is -2.70. The Morgan fingerprint density at radius 1 is 0.667 bits per heavy atom. The largest absolute Gasteiger partial charge is 0.460 e. The first-order chi connectivity index (χ1) is 10.2.